The molecule has 0 aliphatic carbocycles. The predicted octanol–water partition coefficient (Wildman–Crippen LogP) is 1.43. The molecule has 0 bridgehead atoms. The largest absolute Gasteiger partial charge is 0.495 e. The SMILES string of the molecule is COc1cccc(C(=O)NCC2CCOC2C)c1N. The van der Waals surface area contributed by atoms with Gasteiger partial charge in [-0.1, -0.05) is 6.07 Å². The number of nitrogen functional groups attached to an aromatic ring is 1. The molecule has 1 fully saturated rings. The maximum atomic E-state index is 12.1. The Balaban J connectivity index is 2.00. The van der Waals surface area contributed by atoms with E-state index in [1.165, 1.54) is 7.11 Å². The monoisotopic (exact) mass is 264 g/mol. The van der Waals surface area contributed by atoms with Crippen molar-refractivity contribution in [3.63, 3.8) is 0 Å². The number of rotatable bonds is 4. The van der Waals surface area contributed by atoms with E-state index in [9.17, 15) is 4.79 Å². The molecular weight excluding hydrogens is 244 g/mol. The zero-order chi connectivity index (χ0) is 13.8. The second-order valence-corrected chi connectivity index (χ2v) is 4.76. The van der Waals surface area contributed by atoms with Crippen molar-refractivity contribution in [3.05, 3.63) is 23.8 Å². The molecular formula is C14H20N2O3. The van der Waals surface area contributed by atoms with E-state index in [2.05, 4.69) is 5.32 Å². The summed E-state index contributed by atoms with van der Waals surface area (Å²) in [4.78, 5) is 12.1. The molecule has 2 rings (SSSR count). The number of methoxy groups -OCH3 is 1. The van der Waals surface area contributed by atoms with Gasteiger partial charge in [0.05, 0.1) is 24.5 Å². The molecule has 1 aromatic rings. The van der Waals surface area contributed by atoms with Gasteiger partial charge in [0.1, 0.15) is 5.75 Å². The Bertz CT molecular complexity index is 462. The number of para-hydroxylation sites is 1. The van der Waals surface area contributed by atoms with E-state index in [1.807, 2.05) is 6.92 Å². The molecule has 1 aromatic carbocycles. The topological polar surface area (TPSA) is 73.6 Å². The zero-order valence-corrected chi connectivity index (χ0v) is 11.3. The normalized spacial score (nSPS) is 22.2. The van der Waals surface area contributed by atoms with Crippen molar-refractivity contribution in [2.75, 3.05) is 26.0 Å². The van der Waals surface area contributed by atoms with Gasteiger partial charge in [-0.3, -0.25) is 4.79 Å². The Morgan fingerprint density at radius 2 is 2.37 bits per heavy atom. The van der Waals surface area contributed by atoms with Crippen LogP contribution in [0.1, 0.15) is 23.7 Å². The number of amides is 1. The quantitative estimate of drug-likeness (QED) is 0.807. The van der Waals surface area contributed by atoms with Crippen LogP contribution in [-0.4, -0.2) is 32.3 Å². The summed E-state index contributed by atoms with van der Waals surface area (Å²) in [5.74, 6) is 0.719. The van der Waals surface area contributed by atoms with Gasteiger partial charge in [-0.05, 0) is 25.5 Å². The van der Waals surface area contributed by atoms with Gasteiger partial charge < -0.3 is 20.5 Å². The number of nitrogens with two attached hydrogens (primary N) is 1. The predicted molar refractivity (Wildman–Crippen MR) is 73.3 cm³/mol. The minimum Gasteiger partial charge on any atom is -0.495 e. The highest BCUT2D eigenvalue weighted by molar-refractivity contribution is 6.00. The fraction of sp³-hybridized carbons (Fsp3) is 0.500. The van der Waals surface area contributed by atoms with Crippen molar-refractivity contribution in [3.8, 4) is 5.75 Å². The van der Waals surface area contributed by atoms with Crippen molar-refractivity contribution in [2.45, 2.75) is 19.4 Å². The smallest absolute Gasteiger partial charge is 0.253 e. The summed E-state index contributed by atoms with van der Waals surface area (Å²) in [6.07, 6.45) is 1.18. The van der Waals surface area contributed by atoms with Crippen LogP contribution in [0.5, 0.6) is 5.75 Å². The Hall–Kier alpha value is -1.75. The van der Waals surface area contributed by atoms with Crippen molar-refractivity contribution in [2.24, 2.45) is 5.92 Å². The number of carbonyl (C=O) groups excluding carboxylic acids is 1. The molecule has 0 saturated carbocycles. The van der Waals surface area contributed by atoms with Crippen LogP contribution < -0.4 is 15.8 Å². The lowest BCUT2D eigenvalue weighted by Gasteiger charge is -2.15. The lowest BCUT2D eigenvalue weighted by atomic mass is 10.0. The molecule has 2 unspecified atom stereocenters. The molecule has 19 heavy (non-hydrogen) atoms. The van der Waals surface area contributed by atoms with E-state index in [1.54, 1.807) is 18.2 Å². The van der Waals surface area contributed by atoms with Gasteiger partial charge >= 0.3 is 0 Å². The number of benzene rings is 1. The third-order valence-corrected chi connectivity index (χ3v) is 3.59. The number of hydrogen-bond acceptors (Lipinski definition) is 4. The van der Waals surface area contributed by atoms with E-state index >= 15 is 0 Å². The second kappa shape index (κ2) is 5.93. The van der Waals surface area contributed by atoms with E-state index in [-0.39, 0.29) is 12.0 Å². The maximum Gasteiger partial charge on any atom is 0.253 e. The van der Waals surface area contributed by atoms with Gasteiger partial charge in [0.15, 0.2) is 0 Å². The Kier molecular flexibility index (Phi) is 4.27. The average Bonchev–Trinajstić information content (AvgIpc) is 2.82. The molecule has 104 valence electrons. The van der Waals surface area contributed by atoms with Crippen LogP contribution in [0.2, 0.25) is 0 Å². The molecule has 5 nitrogen and oxygen atoms in total. The van der Waals surface area contributed by atoms with Crippen LogP contribution in [0, 0.1) is 5.92 Å². The summed E-state index contributed by atoms with van der Waals surface area (Å²) in [5, 5.41) is 2.91. The van der Waals surface area contributed by atoms with Gasteiger partial charge in [0.2, 0.25) is 0 Å². The van der Waals surface area contributed by atoms with Crippen LogP contribution in [0.3, 0.4) is 0 Å². The molecule has 0 aromatic heterocycles. The molecule has 0 radical (unpaired) electrons. The first-order valence-corrected chi connectivity index (χ1v) is 6.45. The fourth-order valence-electron chi connectivity index (χ4n) is 2.28. The van der Waals surface area contributed by atoms with Crippen LogP contribution >= 0.6 is 0 Å². The van der Waals surface area contributed by atoms with Crippen LogP contribution in [-0.2, 0) is 4.74 Å². The summed E-state index contributed by atoms with van der Waals surface area (Å²) in [6, 6.07) is 5.19. The van der Waals surface area contributed by atoms with Gasteiger partial charge in [-0.15, -0.1) is 0 Å². The van der Waals surface area contributed by atoms with Gasteiger partial charge in [-0.25, -0.2) is 0 Å². The summed E-state index contributed by atoms with van der Waals surface area (Å²) < 4.78 is 10.6. The Morgan fingerprint density at radius 3 is 3.00 bits per heavy atom. The molecule has 1 saturated heterocycles. The Labute approximate surface area is 113 Å². The van der Waals surface area contributed by atoms with E-state index in [0.29, 0.717) is 29.5 Å². The molecule has 2 atom stereocenters. The highest BCUT2D eigenvalue weighted by Crippen LogP contribution is 2.25. The molecule has 1 amide bonds. The van der Waals surface area contributed by atoms with Gasteiger partial charge in [0, 0.05) is 19.1 Å². The van der Waals surface area contributed by atoms with Crippen molar-refractivity contribution in [1.82, 2.24) is 5.32 Å². The number of anilines is 1. The average molecular weight is 264 g/mol. The fourth-order valence-corrected chi connectivity index (χ4v) is 2.28. The second-order valence-electron chi connectivity index (χ2n) is 4.76. The van der Waals surface area contributed by atoms with Crippen molar-refractivity contribution < 1.29 is 14.3 Å². The molecule has 5 heteroatoms. The summed E-state index contributed by atoms with van der Waals surface area (Å²) >= 11 is 0. The zero-order valence-electron chi connectivity index (χ0n) is 11.3. The highest BCUT2D eigenvalue weighted by Gasteiger charge is 2.25. The molecule has 1 heterocycles. The number of nitrogens with one attached hydrogen (secondary N) is 1. The third-order valence-electron chi connectivity index (χ3n) is 3.59. The first-order chi connectivity index (χ1) is 9.13. The van der Waals surface area contributed by atoms with Crippen LogP contribution in [0.15, 0.2) is 18.2 Å². The summed E-state index contributed by atoms with van der Waals surface area (Å²) in [7, 11) is 1.53. The molecule has 1 aliphatic heterocycles. The minimum atomic E-state index is -0.171. The maximum absolute atomic E-state index is 12.1. The molecule has 1 aliphatic rings. The summed E-state index contributed by atoms with van der Waals surface area (Å²) in [5.41, 5.74) is 6.72. The van der Waals surface area contributed by atoms with Crippen LogP contribution in [0.25, 0.3) is 0 Å². The first kappa shape index (κ1) is 13.7. The lowest BCUT2D eigenvalue weighted by Crippen LogP contribution is -2.32. The number of ether oxygens (including phenoxy) is 2. The minimum absolute atomic E-state index is 0.171. The van der Waals surface area contributed by atoms with Gasteiger partial charge in [0.25, 0.3) is 5.91 Å². The van der Waals surface area contributed by atoms with Gasteiger partial charge in [-0.2, -0.15) is 0 Å². The highest BCUT2D eigenvalue weighted by atomic mass is 16.5. The van der Waals surface area contributed by atoms with E-state index < -0.39 is 0 Å². The molecule has 3 N–H and O–H groups in total. The van der Waals surface area contributed by atoms with Crippen molar-refractivity contribution in [1.29, 1.82) is 0 Å². The lowest BCUT2D eigenvalue weighted by molar-refractivity contribution is 0.0908. The number of carbonyl (C=O) groups is 1. The first-order valence-electron chi connectivity index (χ1n) is 6.45. The molecule has 0 spiro atoms. The standard InChI is InChI=1S/C14H20N2O3/c1-9-10(6-7-19-9)8-16-14(17)11-4-3-5-12(18-2)13(11)15/h3-5,9-10H,6-8,15H2,1-2H3,(H,16,17). The number of hydrogen-bond donors (Lipinski definition) is 2. The van der Waals surface area contributed by atoms with Crippen molar-refractivity contribution >= 4 is 11.6 Å². The van der Waals surface area contributed by atoms with Crippen LogP contribution in [0.4, 0.5) is 5.69 Å². The summed E-state index contributed by atoms with van der Waals surface area (Å²) in [6.45, 7) is 3.41. The third kappa shape index (κ3) is 2.98. The Morgan fingerprint density at radius 1 is 1.58 bits per heavy atom. The van der Waals surface area contributed by atoms with E-state index in [0.717, 1.165) is 13.0 Å². The van der Waals surface area contributed by atoms with E-state index in [4.69, 9.17) is 15.2 Å².